The van der Waals surface area contributed by atoms with Gasteiger partial charge < -0.3 is 10.2 Å². The molecular weight excluding hydrogens is 230 g/mol. The van der Waals surface area contributed by atoms with Gasteiger partial charge in [0.1, 0.15) is 5.69 Å². The van der Waals surface area contributed by atoms with Crippen molar-refractivity contribution in [2.75, 3.05) is 31.6 Å². The molecule has 1 aromatic carbocycles. The van der Waals surface area contributed by atoms with Crippen molar-refractivity contribution in [1.82, 2.24) is 5.32 Å². The second-order valence-corrected chi connectivity index (χ2v) is 4.86. The number of benzene rings is 1. The van der Waals surface area contributed by atoms with Crippen LogP contribution < -0.4 is 10.2 Å². The van der Waals surface area contributed by atoms with Gasteiger partial charge in [-0.2, -0.15) is 0 Å². The minimum Gasteiger partial charge on any atom is -0.365 e. The molecule has 18 heavy (non-hydrogen) atoms. The van der Waals surface area contributed by atoms with Gasteiger partial charge in [0, 0.05) is 19.2 Å². The average Bonchev–Trinajstić information content (AvgIpc) is 2.77. The van der Waals surface area contributed by atoms with Crippen LogP contribution in [0.15, 0.2) is 18.2 Å². The van der Waals surface area contributed by atoms with Crippen LogP contribution in [0.3, 0.4) is 0 Å². The molecule has 5 heteroatoms. The van der Waals surface area contributed by atoms with E-state index in [2.05, 4.69) is 10.2 Å². The Hall–Kier alpha value is -1.62. The molecule has 1 aliphatic heterocycles. The largest absolute Gasteiger partial charge is 0.365 e. The summed E-state index contributed by atoms with van der Waals surface area (Å²) in [6.07, 6.45) is 1.09. The summed E-state index contributed by atoms with van der Waals surface area (Å²) < 4.78 is 0. The smallest absolute Gasteiger partial charge is 0.292 e. The van der Waals surface area contributed by atoms with E-state index in [0.717, 1.165) is 37.3 Å². The zero-order valence-corrected chi connectivity index (χ0v) is 10.8. The molecule has 1 unspecified atom stereocenters. The van der Waals surface area contributed by atoms with Crippen molar-refractivity contribution in [1.29, 1.82) is 0 Å². The highest BCUT2D eigenvalue weighted by Gasteiger charge is 2.28. The first-order valence-electron chi connectivity index (χ1n) is 6.27. The lowest BCUT2D eigenvalue weighted by molar-refractivity contribution is -0.384. The highest BCUT2D eigenvalue weighted by atomic mass is 16.6. The predicted octanol–water partition coefficient (Wildman–Crippen LogP) is 1.95. The van der Waals surface area contributed by atoms with Gasteiger partial charge in [-0.05, 0) is 38.4 Å². The van der Waals surface area contributed by atoms with Crippen molar-refractivity contribution in [3.8, 4) is 0 Å². The topological polar surface area (TPSA) is 58.4 Å². The van der Waals surface area contributed by atoms with Crippen LogP contribution in [-0.4, -0.2) is 31.6 Å². The number of aryl methyl sites for hydroxylation is 1. The molecule has 5 nitrogen and oxygen atoms in total. The van der Waals surface area contributed by atoms with E-state index in [1.165, 1.54) is 0 Å². The van der Waals surface area contributed by atoms with E-state index in [9.17, 15) is 10.1 Å². The molecule has 0 aliphatic carbocycles. The molecule has 0 bridgehead atoms. The molecule has 0 amide bonds. The van der Waals surface area contributed by atoms with Crippen molar-refractivity contribution in [2.45, 2.75) is 13.3 Å². The molecule has 1 atom stereocenters. The maximum absolute atomic E-state index is 11.1. The molecule has 1 N–H and O–H groups in total. The standard InChI is InChI=1S/C13H19N3O2/c1-10-4-3-5-12(16(17)18)13(10)15-7-6-11(9-15)8-14-2/h3-5,11,14H,6-9H2,1-2H3. The van der Waals surface area contributed by atoms with Gasteiger partial charge in [0.15, 0.2) is 0 Å². The molecule has 0 aromatic heterocycles. The number of nitrogens with zero attached hydrogens (tertiary/aromatic N) is 2. The summed E-state index contributed by atoms with van der Waals surface area (Å²) >= 11 is 0. The second kappa shape index (κ2) is 5.35. The van der Waals surface area contributed by atoms with Crippen molar-refractivity contribution >= 4 is 11.4 Å². The Balaban J connectivity index is 2.26. The first-order chi connectivity index (χ1) is 8.63. The first kappa shape index (κ1) is 12.8. The Morgan fingerprint density at radius 1 is 1.56 bits per heavy atom. The van der Waals surface area contributed by atoms with E-state index < -0.39 is 0 Å². The Kier molecular flexibility index (Phi) is 3.81. The van der Waals surface area contributed by atoms with E-state index in [-0.39, 0.29) is 10.6 Å². The molecule has 1 heterocycles. The van der Waals surface area contributed by atoms with Crippen molar-refractivity contribution in [3.63, 3.8) is 0 Å². The maximum Gasteiger partial charge on any atom is 0.292 e. The van der Waals surface area contributed by atoms with Crippen LogP contribution in [0.4, 0.5) is 11.4 Å². The molecule has 0 spiro atoms. The molecule has 1 fully saturated rings. The van der Waals surface area contributed by atoms with Gasteiger partial charge in [-0.25, -0.2) is 0 Å². The maximum atomic E-state index is 11.1. The van der Waals surface area contributed by atoms with E-state index in [1.807, 2.05) is 20.0 Å². The van der Waals surface area contributed by atoms with Gasteiger partial charge in [-0.1, -0.05) is 12.1 Å². The Labute approximate surface area is 107 Å². The third kappa shape index (κ3) is 2.46. The lowest BCUT2D eigenvalue weighted by Gasteiger charge is -2.20. The predicted molar refractivity (Wildman–Crippen MR) is 72.1 cm³/mol. The van der Waals surface area contributed by atoms with Gasteiger partial charge in [-0.15, -0.1) is 0 Å². The molecule has 0 saturated carbocycles. The third-order valence-electron chi connectivity index (χ3n) is 3.51. The van der Waals surface area contributed by atoms with Crippen LogP contribution in [-0.2, 0) is 0 Å². The number of nitro groups is 1. The fourth-order valence-corrected chi connectivity index (χ4v) is 2.69. The Morgan fingerprint density at radius 2 is 2.33 bits per heavy atom. The minimum absolute atomic E-state index is 0.222. The quantitative estimate of drug-likeness (QED) is 0.654. The molecular formula is C13H19N3O2. The fourth-order valence-electron chi connectivity index (χ4n) is 2.69. The van der Waals surface area contributed by atoms with Gasteiger partial charge >= 0.3 is 0 Å². The highest BCUT2D eigenvalue weighted by Crippen LogP contribution is 2.34. The van der Waals surface area contributed by atoms with Crippen LogP contribution in [0.5, 0.6) is 0 Å². The highest BCUT2D eigenvalue weighted by molar-refractivity contribution is 5.68. The van der Waals surface area contributed by atoms with Crippen LogP contribution in [0.25, 0.3) is 0 Å². The van der Waals surface area contributed by atoms with E-state index in [4.69, 9.17) is 0 Å². The number of para-hydroxylation sites is 1. The molecule has 2 rings (SSSR count). The van der Waals surface area contributed by atoms with Crippen LogP contribution in [0.2, 0.25) is 0 Å². The zero-order valence-electron chi connectivity index (χ0n) is 10.8. The normalized spacial score (nSPS) is 19.2. The second-order valence-electron chi connectivity index (χ2n) is 4.86. The number of hydrogen-bond acceptors (Lipinski definition) is 4. The van der Waals surface area contributed by atoms with Crippen molar-refractivity contribution < 1.29 is 4.92 Å². The van der Waals surface area contributed by atoms with E-state index in [0.29, 0.717) is 5.92 Å². The van der Waals surface area contributed by atoms with Gasteiger partial charge in [-0.3, -0.25) is 10.1 Å². The summed E-state index contributed by atoms with van der Waals surface area (Å²) in [7, 11) is 1.94. The fraction of sp³-hybridized carbons (Fsp3) is 0.538. The summed E-state index contributed by atoms with van der Waals surface area (Å²) in [5, 5.41) is 14.3. The molecule has 0 radical (unpaired) electrons. The number of nitrogens with one attached hydrogen (secondary N) is 1. The molecule has 98 valence electrons. The number of nitro benzene ring substituents is 1. The number of anilines is 1. The monoisotopic (exact) mass is 249 g/mol. The average molecular weight is 249 g/mol. The van der Waals surface area contributed by atoms with Crippen LogP contribution >= 0.6 is 0 Å². The molecule has 1 aliphatic rings. The van der Waals surface area contributed by atoms with Gasteiger partial charge in [0.2, 0.25) is 0 Å². The van der Waals surface area contributed by atoms with Crippen LogP contribution in [0.1, 0.15) is 12.0 Å². The number of rotatable bonds is 4. The summed E-state index contributed by atoms with van der Waals surface area (Å²) in [5.74, 6) is 0.578. The summed E-state index contributed by atoms with van der Waals surface area (Å²) in [5.41, 5.74) is 2.00. The Morgan fingerprint density at radius 3 is 3.00 bits per heavy atom. The molecule has 1 aromatic rings. The van der Waals surface area contributed by atoms with Crippen molar-refractivity contribution in [2.24, 2.45) is 5.92 Å². The molecule has 1 saturated heterocycles. The summed E-state index contributed by atoms with van der Waals surface area (Å²) in [4.78, 5) is 13.0. The number of hydrogen-bond donors (Lipinski definition) is 1. The van der Waals surface area contributed by atoms with Gasteiger partial charge in [0.25, 0.3) is 5.69 Å². The van der Waals surface area contributed by atoms with E-state index >= 15 is 0 Å². The zero-order chi connectivity index (χ0) is 13.1. The minimum atomic E-state index is -0.284. The summed E-state index contributed by atoms with van der Waals surface area (Å²) in [6.45, 7) is 4.70. The summed E-state index contributed by atoms with van der Waals surface area (Å²) in [6, 6.07) is 5.28. The van der Waals surface area contributed by atoms with Crippen LogP contribution in [0, 0.1) is 23.0 Å². The first-order valence-corrected chi connectivity index (χ1v) is 6.27. The Bertz CT molecular complexity index is 448. The van der Waals surface area contributed by atoms with Gasteiger partial charge in [0.05, 0.1) is 4.92 Å². The van der Waals surface area contributed by atoms with E-state index in [1.54, 1.807) is 12.1 Å². The third-order valence-corrected chi connectivity index (χ3v) is 3.51. The SMILES string of the molecule is CNCC1CCN(c2c(C)cccc2[N+](=O)[O-])C1. The van der Waals surface area contributed by atoms with Crippen molar-refractivity contribution in [3.05, 3.63) is 33.9 Å². The lowest BCUT2D eigenvalue weighted by Crippen LogP contribution is -2.25. The lowest BCUT2D eigenvalue weighted by atomic mass is 10.1.